The lowest BCUT2D eigenvalue weighted by molar-refractivity contribution is -0.153. The van der Waals surface area contributed by atoms with Crippen molar-refractivity contribution in [3.05, 3.63) is 53.6 Å². The Bertz CT molecular complexity index is 974. The fraction of sp³-hybridized carbons (Fsp3) is 0.417. The highest BCUT2D eigenvalue weighted by Crippen LogP contribution is 2.30. The lowest BCUT2D eigenvalue weighted by atomic mass is 9.85. The van der Waals surface area contributed by atoms with Gasteiger partial charge in [-0.05, 0) is 54.7 Å². The first-order chi connectivity index (χ1) is 15.7. The van der Waals surface area contributed by atoms with E-state index in [-0.39, 0.29) is 35.7 Å². The summed E-state index contributed by atoms with van der Waals surface area (Å²) in [6.45, 7) is -1.09. The topological polar surface area (TPSA) is 76.7 Å². The van der Waals surface area contributed by atoms with Crippen LogP contribution in [0.4, 0.5) is 18.9 Å². The molecule has 2 amide bonds. The monoisotopic (exact) mass is 464 g/mol. The van der Waals surface area contributed by atoms with Crippen LogP contribution in [0.1, 0.15) is 36.8 Å². The van der Waals surface area contributed by atoms with Gasteiger partial charge in [-0.3, -0.25) is 9.59 Å². The second-order valence-corrected chi connectivity index (χ2v) is 7.98. The number of rotatable bonds is 10. The molecule has 178 valence electrons. The Hall–Kier alpha value is -3.23. The summed E-state index contributed by atoms with van der Waals surface area (Å²) in [6, 6.07) is 11.9. The molecular weight excluding hydrogens is 437 g/mol. The minimum atomic E-state index is -4.44. The van der Waals surface area contributed by atoms with Crippen LogP contribution < -0.4 is 20.1 Å². The molecule has 2 aromatic rings. The van der Waals surface area contributed by atoms with Crippen molar-refractivity contribution in [2.24, 2.45) is 5.92 Å². The summed E-state index contributed by atoms with van der Waals surface area (Å²) in [6.07, 6.45) is -0.910. The number of benzene rings is 2. The van der Waals surface area contributed by atoms with Gasteiger partial charge < -0.3 is 20.1 Å². The standard InChI is InChI=1S/C24H27F3N2O4/c1-32-21-13-16(8-10-20(21)33-15-24(25,26)27)9-11-22(30)28-14-17-4-2-7-19(12-17)29-23(31)18-5-3-6-18/h2,4,7-8,10,12-13,18H,3,5-6,9,11,14-15H2,1H3,(H,28,30)(H,29,31). The number of methoxy groups -OCH3 is 1. The first-order valence-corrected chi connectivity index (χ1v) is 10.8. The van der Waals surface area contributed by atoms with Crippen molar-refractivity contribution in [1.29, 1.82) is 0 Å². The van der Waals surface area contributed by atoms with Crippen LogP contribution in [0.15, 0.2) is 42.5 Å². The van der Waals surface area contributed by atoms with Gasteiger partial charge in [0.1, 0.15) is 0 Å². The Balaban J connectivity index is 1.46. The number of carbonyl (C=O) groups is 2. The molecule has 0 spiro atoms. The molecule has 0 heterocycles. The maximum Gasteiger partial charge on any atom is 0.422 e. The Kier molecular flexibility index (Phi) is 8.19. The van der Waals surface area contributed by atoms with Crippen LogP contribution in [-0.4, -0.2) is 31.7 Å². The smallest absolute Gasteiger partial charge is 0.422 e. The quantitative estimate of drug-likeness (QED) is 0.538. The highest BCUT2D eigenvalue weighted by Gasteiger charge is 2.29. The molecule has 1 aliphatic carbocycles. The summed E-state index contributed by atoms with van der Waals surface area (Å²) in [4.78, 5) is 24.4. The van der Waals surface area contributed by atoms with Crippen molar-refractivity contribution in [2.45, 2.75) is 44.8 Å². The maximum absolute atomic E-state index is 12.4. The summed E-state index contributed by atoms with van der Waals surface area (Å²) < 4.78 is 46.9. The summed E-state index contributed by atoms with van der Waals surface area (Å²) in [5, 5.41) is 5.75. The molecule has 0 aromatic heterocycles. The van der Waals surface area contributed by atoms with Gasteiger partial charge in [-0.25, -0.2) is 0 Å². The lowest BCUT2D eigenvalue weighted by Gasteiger charge is -2.24. The number of amides is 2. The zero-order valence-electron chi connectivity index (χ0n) is 18.3. The number of halogens is 3. The van der Waals surface area contributed by atoms with Crippen molar-refractivity contribution in [1.82, 2.24) is 5.32 Å². The van der Waals surface area contributed by atoms with Gasteiger partial charge in [-0.1, -0.05) is 24.6 Å². The molecule has 1 saturated carbocycles. The van der Waals surface area contributed by atoms with E-state index in [1.54, 1.807) is 12.1 Å². The van der Waals surface area contributed by atoms with E-state index in [1.165, 1.54) is 13.2 Å². The van der Waals surface area contributed by atoms with Crippen LogP contribution in [0, 0.1) is 5.92 Å². The molecule has 1 aliphatic rings. The fourth-order valence-corrected chi connectivity index (χ4v) is 3.37. The number of hydrogen-bond acceptors (Lipinski definition) is 4. The molecule has 0 atom stereocenters. The van der Waals surface area contributed by atoms with Crippen molar-refractivity contribution in [3.63, 3.8) is 0 Å². The second-order valence-electron chi connectivity index (χ2n) is 7.98. The summed E-state index contributed by atoms with van der Waals surface area (Å²) in [5.74, 6) is 0.130. The van der Waals surface area contributed by atoms with Gasteiger partial charge in [-0.15, -0.1) is 0 Å². The Labute approximate surface area is 190 Å². The van der Waals surface area contributed by atoms with Crippen LogP contribution in [0.2, 0.25) is 0 Å². The van der Waals surface area contributed by atoms with E-state index in [2.05, 4.69) is 10.6 Å². The second kappa shape index (κ2) is 11.1. The van der Waals surface area contributed by atoms with Crippen molar-refractivity contribution >= 4 is 17.5 Å². The number of ether oxygens (including phenoxy) is 2. The fourth-order valence-electron chi connectivity index (χ4n) is 3.37. The van der Waals surface area contributed by atoms with Crippen molar-refractivity contribution in [2.75, 3.05) is 19.0 Å². The molecule has 2 N–H and O–H groups in total. The number of aryl methyl sites for hydroxylation is 1. The molecule has 0 aliphatic heterocycles. The molecule has 0 radical (unpaired) electrons. The van der Waals surface area contributed by atoms with Crippen LogP contribution in [0.5, 0.6) is 11.5 Å². The van der Waals surface area contributed by atoms with Gasteiger partial charge in [0.15, 0.2) is 18.1 Å². The average molecular weight is 464 g/mol. The Morgan fingerprint density at radius 2 is 1.85 bits per heavy atom. The average Bonchev–Trinajstić information content (AvgIpc) is 2.73. The van der Waals surface area contributed by atoms with Crippen LogP contribution in [0.25, 0.3) is 0 Å². The molecule has 9 heteroatoms. The number of anilines is 1. The first-order valence-electron chi connectivity index (χ1n) is 10.8. The van der Waals surface area contributed by atoms with Gasteiger partial charge in [0.2, 0.25) is 11.8 Å². The van der Waals surface area contributed by atoms with E-state index in [4.69, 9.17) is 9.47 Å². The predicted octanol–water partition coefficient (Wildman–Crippen LogP) is 4.62. The van der Waals surface area contributed by atoms with Gasteiger partial charge in [0.25, 0.3) is 0 Å². The first kappa shape index (κ1) is 24.4. The molecule has 0 saturated heterocycles. The third-order valence-electron chi connectivity index (χ3n) is 5.42. The largest absolute Gasteiger partial charge is 0.493 e. The van der Waals surface area contributed by atoms with E-state index < -0.39 is 12.8 Å². The summed E-state index contributed by atoms with van der Waals surface area (Å²) in [5.41, 5.74) is 2.31. The molecular formula is C24H27F3N2O4. The van der Waals surface area contributed by atoms with E-state index in [1.807, 2.05) is 24.3 Å². The van der Waals surface area contributed by atoms with E-state index in [0.717, 1.165) is 30.4 Å². The van der Waals surface area contributed by atoms with E-state index in [9.17, 15) is 22.8 Å². The number of nitrogens with one attached hydrogen (secondary N) is 2. The highest BCUT2D eigenvalue weighted by atomic mass is 19.4. The van der Waals surface area contributed by atoms with E-state index >= 15 is 0 Å². The van der Waals surface area contributed by atoms with Gasteiger partial charge >= 0.3 is 6.18 Å². The number of alkyl halides is 3. The molecule has 3 rings (SSSR count). The third-order valence-corrected chi connectivity index (χ3v) is 5.42. The number of carbonyl (C=O) groups excluding carboxylic acids is 2. The minimum absolute atomic E-state index is 0.00712. The Morgan fingerprint density at radius 1 is 1.06 bits per heavy atom. The van der Waals surface area contributed by atoms with Gasteiger partial charge in [0.05, 0.1) is 7.11 Å². The molecule has 0 unspecified atom stereocenters. The maximum atomic E-state index is 12.4. The third kappa shape index (κ3) is 7.69. The molecule has 0 bridgehead atoms. The van der Waals surface area contributed by atoms with Crippen LogP contribution >= 0.6 is 0 Å². The van der Waals surface area contributed by atoms with Crippen molar-refractivity contribution < 1.29 is 32.2 Å². The zero-order chi connectivity index (χ0) is 23.8. The zero-order valence-corrected chi connectivity index (χ0v) is 18.3. The highest BCUT2D eigenvalue weighted by molar-refractivity contribution is 5.93. The lowest BCUT2D eigenvalue weighted by Crippen LogP contribution is -2.28. The van der Waals surface area contributed by atoms with Crippen LogP contribution in [0.3, 0.4) is 0 Å². The van der Waals surface area contributed by atoms with Crippen LogP contribution in [-0.2, 0) is 22.6 Å². The molecule has 6 nitrogen and oxygen atoms in total. The Morgan fingerprint density at radius 3 is 2.52 bits per heavy atom. The molecule has 2 aromatic carbocycles. The van der Waals surface area contributed by atoms with Gasteiger partial charge in [-0.2, -0.15) is 13.2 Å². The molecule has 1 fully saturated rings. The summed E-state index contributed by atoms with van der Waals surface area (Å²) >= 11 is 0. The minimum Gasteiger partial charge on any atom is -0.493 e. The summed E-state index contributed by atoms with van der Waals surface area (Å²) in [7, 11) is 1.34. The SMILES string of the molecule is COc1cc(CCC(=O)NCc2cccc(NC(=O)C3CCC3)c2)ccc1OCC(F)(F)F. The normalized spacial score (nSPS) is 13.7. The van der Waals surface area contributed by atoms with E-state index in [0.29, 0.717) is 18.7 Å². The number of hydrogen-bond donors (Lipinski definition) is 2. The van der Waals surface area contributed by atoms with Gasteiger partial charge in [0, 0.05) is 24.6 Å². The van der Waals surface area contributed by atoms with Crippen molar-refractivity contribution in [3.8, 4) is 11.5 Å². The molecule has 33 heavy (non-hydrogen) atoms. The predicted molar refractivity (Wildman–Crippen MR) is 117 cm³/mol.